The van der Waals surface area contributed by atoms with Gasteiger partial charge in [-0.15, -0.1) is 10.2 Å². The summed E-state index contributed by atoms with van der Waals surface area (Å²) in [6, 6.07) is 20.8. The average Bonchev–Trinajstić information content (AvgIpc) is 3.04. The molecule has 0 saturated carbocycles. The highest BCUT2D eigenvalue weighted by molar-refractivity contribution is 7.17. The molecule has 22 heavy (non-hydrogen) atoms. The predicted molar refractivity (Wildman–Crippen MR) is 88.2 cm³/mol. The fraction of sp³-hybridized carbons (Fsp3) is 0. The largest absolute Gasteiger partial charge is 0.207 e. The van der Waals surface area contributed by atoms with Gasteiger partial charge in [-0.2, -0.15) is 0 Å². The van der Waals surface area contributed by atoms with Gasteiger partial charge in [0.1, 0.15) is 15.8 Å². The molecule has 2 nitrogen and oxygen atoms in total. The zero-order valence-electron chi connectivity index (χ0n) is 11.5. The van der Waals surface area contributed by atoms with Gasteiger partial charge in [0.25, 0.3) is 0 Å². The van der Waals surface area contributed by atoms with Gasteiger partial charge in [-0.05, 0) is 29.0 Å². The molecule has 0 radical (unpaired) electrons. The fourth-order valence-corrected chi connectivity index (χ4v) is 3.24. The Bertz CT molecular complexity index is 962. The molecule has 1 heterocycles. The van der Waals surface area contributed by atoms with E-state index >= 15 is 0 Å². The second-order valence-electron chi connectivity index (χ2n) is 4.98. The summed E-state index contributed by atoms with van der Waals surface area (Å²) in [5, 5.41) is 12.4. The van der Waals surface area contributed by atoms with Crippen molar-refractivity contribution in [3.8, 4) is 21.1 Å². The van der Waals surface area contributed by atoms with Crippen molar-refractivity contribution in [1.82, 2.24) is 10.2 Å². The molecule has 1 aromatic heterocycles. The number of aromatic nitrogens is 2. The molecule has 0 amide bonds. The van der Waals surface area contributed by atoms with E-state index in [4.69, 9.17) is 0 Å². The summed E-state index contributed by atoms with van der Waals surface area (Å²) < 4.78 is 13.3. The molecule has 4 heteroatoms. The van der Waals surface area contributed by atoms with Crippen molar-refractivity contribution in [3.63, 3.8) is 0 Å². The number of benzene rings is 3. The lowest BCUT2D eigenvalue weighted by Gasteiger charge is -1.99. The van der Waals surface area contributed by atoms with Gasteiger partial charge < -0.3 is 0 Å². The molecule has 0 N–H and O–H groups in total. The van der Waals surface area contributed by atoms with Crippen LogP contribution in [0.25, 0.3) is 31.9 Å². The molecule has 4 rings (SSSR count). The lowest BCUT2D eigenvalue weighted by molar-refractivity contribution is 0.628. The molecule has 4 aromatic rings. The number of halogens is 1. The number of hydrogen-bond acceptors (Lipinski definition) is 3. The lowest BCUT2D eigenvalue weighted by Crippen LogP contribution is -1.79. The number of rotatable bonds is 2. The van der Waals surface area contributed by atoms with Gasteiger partial charge in [0, 0.05) is 11.1 Å². The van der Waals surface area contributed by atoms with Crippen molar-refractivity contribution >= 4 is 22.1 Å². The highest BCUT2D eigenvalue weighted by atomic mass is 32.1. The summed E-state index contributed by atoms with van der Waals surface area (Å²) >= 11 is 1.47. The molecule has 0 aliphatic heterocycles. The van der Waals surface area contributed by atoms with E-state index in [1.165, 1.54) is 34.2 Å². The zero-order valence-corrected chi connectivity index (χ0v) is 12.3. The number of hydrogen-bond donors (Lipinski definition) is 0. The lowest BCUT2D eigenvalue weighted by atomic mass is 10.1. The van der Waals surface area contributed by atoms with E-state index in [-0.39, 0.29) is 5.82 Å². The monoisotopic (exact) mass is 306 g/mol. The second kappa shape index (κ2) is 5.31. The van der Waals surface area contributed by atoms with Gasteiger partial charge in [0.05, 0.1) is 0 Å². The van der Waals surface area contributed by atoms with Crippen molar-refractivity contribution in [2.45, 2.75) is 0 Å². The molecule has 0 aliphatic rings. The first-order valence-corrected chi connectivity index (χ1v) is 7.70. The molecule has 0 bridgehead atoms. The van der Waals surface area contributed by atoms with Crippen LogP contribution in [0.2, 0.25) is 0 Å². The molecule has 0 spiro atoms. The molecule has 0 aliphatic carbocycles. The first-order chi connectivity index (χ1) is 10.8. The maximum Gasteiger partial charge on any atom is 0.148 e. The molecule has 3 aromatic carbocycles. The van der Waals surface area contributed by atoms with Gasteiger partial charge in [0.2, 0.25) is 0 Å². The number of nitrogens with zero attached hydrogens (tertiary/aromatic N) is 2. The van der Waals surface area contributed by atoms with Crippen molar-refractivity contribution in [2.75, 3.05) is 0 Å². The van der Waals surface area contributed by atoms with E-state index in [1.54, 1.807) is 6.07 Å². The minimum atomic E-state index is -0.264. The van der Waals surface area contributed by atoms with Crippen molar-refractivity contribution in [1.29, 1.82) is 0 Å². The Hall–Kier alpha value is -2.59. The van der Waals surface area contributed by atoms with Gasteiger partial charge in [0.15, 0.2) is 0 Å². The van der Waals surface area contributed by atoms with Gasteiger partial charge in [-0.3, -0.25) is 0 Å². The van der Waals surface area contributed by atoms with E-state index in [1.807, 2.05) is 24.3 Å². The molecule has 0 atom stereocenters. The van der Waals surface area contributed by atoms with Crippen LogP contribution in [0.1, 0.15) is 0 Å². The smallest absolute Gasteiger partial charge is 0.148 e. The Morgan fingerprint density at radius 3 is 2.18 bits per heavy atom. The second-order valence-corrected chi connectivity index (χ2v) is 5.96. The Kier molecular flexibility index (Phi) is 3.16. The van der Waals surface area contributed by atoms with Crippen LogP contribution in [0, 0.1) is 5.82 Å². The van der Waals surface area contributed by atoms with Crippen LogP contribution in [0.15, 0.2) is 66.7 Å². The van der Waals surface area contributed by atoms with Crippen LogP contribution in [-0.2, 0) is 0 Å². The molecular weight excluding hydrogens is 295 g/mol. The molecule has 0 unspecified atom stereocenters. The minimum Gasteiger partial charge on any atom is -0.207 e. The Morgan fingerprint density at radius 1 is 0.682 bits per heavy atom. The summed E-state index contributed by atoms with van der Waals surface area (Å²) in [5.74, 6) is -0.264. The maximum atomic E-state index is 13.3. The molecule has 0 saturated heterocycles. The van der Waals surface area contributed by atoms with Crippen LogP contribution >= 0.6 is 11.3 Å². The van der Waals surface area contributed by atoms with Gasteiger partial charge in [-0.1, -0.05) is 59.9 Å². The normalized spacial score (nSPS) is 11.0. The standard InChI is InChI=1S/C18H11FN2S/c19-16-7-3-6-14(11-16)17-20-21-18(22-17)15-9-8-12-4-1-2-5-13(12)10-15/h1-11H. The molecule has 106 valence electrons. The van der Waals surface area contributed by atoms with Crippen LogP contribution in [0.3, 0.4) is 0 Å². The van der Waals surface area contributed by atoms with Crippen LogP contribution in [-0.4, -0.2) is 10.2 Å². The highest BCUT2D eigenvalue weighted by Gasteiger charge is 2.09. The minimum absolute atomic E-state index is 0.264. The van der Waals surface area contributed by atoms with Crippen molar-refractivity contribution < 1.29 is 4.39 Å². The first-order valence-electron chi connectivity index (χ1n) is 6.88. The number of fused-ring (bicyclic) bond motifs is 1. The summed E-state index contributed by atoms with van der Waals surface area (Å²) in [5.41, 5.74) is 1.78. The summed E-state index contributed by atoms with van der Waals surface area (Å²) in [6.07, 6.45) is 0. The maximum absolute atomic E-state index is 13.3. The third kappa shape index (κ3) is 2.38. The van der Waals surface area contributed by atoms with Gasteiger partial charge in [-0.25, -0.2) is 4.39 Å². The van der Waals surface area contributed by atoms with E-state index < -0.39 is 0 Å². The highest BCUT2D eigenvalue weighted by Crippen LogP contribution is 2.31. The van der Waals surface area contributed by atoms with Crippen molar-refractivity contribution in [3.05, 3.63) is 72.5 Å². The summed E-state index contributed by atoms with van der Waals surface area (Å²) in [6.45, 7) is 0. The fourth-order valence-electron chi connectivity index (χ4n) is 2.40. The van der Waals surface area contributed by atoms with Crippen LogP contribution < -0.4 is 0 Å². The Balaban J connectivity index is 1.76. The average molecular weight is 306 g/mol. The van der Waals surface area contributed by atoms with Crippen LogP contribution in [0.5, 0.6) is 0 Å². The van der Waals surface area contributed by atoms with Crippen molar-refractivity contribution in [2.24, 2.45) is 0 Å². The molecular formula is C18H11FN2S. The topological polar surface area (TPSA) is 25.8 Å². The van der Waals surface area contributed by atoms with Crippen LogP contribution in [0.4, 0.5) is 4.39 Å². The quantitative estimate of drug-likeness (QED) is 0.511. The van der Waals surface area contributed by atoms with Gasteiger partial charge >= 0.3 is 0 Å². The summed E-state index contributed by atoms with van der Waals surface area (Å²) in [4.78, 5) is 0. The predicted octanol–water partition coefficient (Wildman–Crippen LogP) is 5.16. The third-order valence-electron chi connectivity index (χ3n) is 3.49. The first kappa shape index (κ1) is 13.1. The van der Waals surface area contributed by atoms with E-state index in [2.05, 4.69) is 34.5 Å². The zero-order chi connectivity index (χ0) is 14.9. The third-order valence-corrected chi connectivity index (χ3v) is 4.51. The van der Waals surface area contributed by atoms with E-state index in [0.29, 0.717) is 0 Å². The Labute approximate surface area is 130 Å². The summed E-state index contributed by atoms with van der Waals surface area (Å²) in [7, 11) is 0. The van der Waals surface area contributed by atoms with E-state index in [9.17, 15) is 4.39 Å². The van der Waals surface area contributed by atoms with E-state index in [0.717, 1.165) is 21.1 Å². The Morgan fingerprint density at radius 2 is 1.41 bits per heavy atom. The molecule has 0 fully saturated rings. The SMILES string of the molecule is Fc1cccc(-c2nnc(-c3ccc4ccccc4c3)s2)c1.